The first-order chi connectivity index (χ1) is 11.0. The monoisotopic (exact) mass is 329 g/mol. The summed E-state index contributed by atoms with van der Waals surface area (Å²) in [7, 11) is 0. The van der Waals surface area contributed by atoms with Gasteiger partial charge in [0.25, 0.3) is 5.56 Å². The lowest BCUT2D eigenvalue weighted by molar-refractivity contribution is -0.115. The molecule has 0 spiro atoms. The molecule has 0 aliphatic heterocycles. The van der Waals surface area contributed by atoms with Crippen molar-refractivity contribution in [1.82, 2.24) is 9.97 Å². The molecule has 0 radical (unpaired) electrons. The molecule has 23 heavy (non-hydrogen) atoms. The predicted octanol–water partition coefficient (Wildman–Crippen LogP) is 1.73. The number of thioether (sulfide) groups is 1. The van der Waals surface area contributed by atoms with Crippen molar-refractivity contribution in [3.8, 4) is 6.07 Å². The van der Waals surface area contributed by atoms with Crippen LogP contribution in [0.1, 0.15) is 18.9 Å². The molecule has 0 saturated carbocycles. The molecule has 0 unspecified atom stereocenters. The molecule has 1 amide bonds. The van der Waals surface area contributed by atoms with Crippen LogP contribution in [0.15, 0.2) is 40.3 Å². The molecule has 0 saturated heterocycles. The molecule has 0 aliphatic carbocycles. The first-order valence-electron chi connectivity index (χ1n) is 6.87. The van der Waals surface area contributed by atoms with Crippen molar-refractivity contribution < 1.29 is 4.79 Å². The van der Waals surface area contributed by atoms with E-state index in [1.165, 1.54) is 6.07 Å². The standard InChI is InChI=1S/C15H15N5O2S/c1-2-11(23-15-19-12(17)7-13(21)20-15)14(22)18-10-6-4-3-5-9(10)8-16/h3-7,11H,2H2,1H3,(H,18,22)(H3,17,19,20,21)/t11-/m1/s1. The summed E-state index contributed by atoms with van der Waals surface area (Å²) in [5.74, 6) is -0.174. The highest BCUT2D eigenvalue weighted by molar-refractivity contribution is 8.00. The molecule has 0 fully saturated rings. The Bertz CT molecular complexity index is 812. The number of carbonyl (C=O) groups excluding carboxylic acids is 1. The van der Waals surface area contributed by atoms with Crippen LogP contribution in [0.25, 0.3) is 0 Å². The zero-order chi connectivity index (χ0) is 16.8. The van der Waals surface area contributed by atoms with Gasteiger partial charge >= 0.3 is 0 Å². The van der Waals surface area contributed by atoms with Gasteiger partial charge in [0, 0.05) is 6.07 Å². The smallest absolute Gasteiger partial charge is 0.253 e. The highest BCUT2D eigenvalue weighted by Gasteiger charge is 2.20. The van der Waals surface area contributed by atoms with Crippen molar-refractivity contribution in [3.05, 3.63) is 46.2 Å². The number of nitrogen functional groups attached to an aromatic ring is 1. The summed E-state index contributed by atoms with van der Waals surface area (Å²) in [6.45, 7) is 1.85. The van der Waals surface area contributed by atoms with Crippen LogP contribution in [0.4, 0.5) is 11.5 Å². The van der Waals surface area contributed by atoms with Gasteiger partial charge < -0.3 is 16.0 Å². The largest absolute Gasteiger partial charge is 0.383 e. The average Bonchev–Trinajstić information content (AvgIpc) is 2.52. The molecular formula is C15H15N5O2S. The van der Waals surface area contributed by atoms with Crippen molar-refractivity contribution in [3.63, 3.8) is 0 Å². The van der Waals surface area contributed by atoms with Crippen LogP contribution in [-0.2, 0) is 4.79 Å². The molecular weight excluding hydrogens is 314 g/mol. The van der Waals surface area contributed by atoms with E-state index in [4.69, 9.17) is 11.0 Å². The Hall–Kier alpha value is -2.79. The van der Waals surface area contributed by atoms with Crippen molar-refractivity contribution in [1.29, 1.82) is 5.26 Å². The van der Waals surface area contributed by atoms with Gasteiger partial charge in [-0.25, -0.2) is 4.98 Å². The fourth-order valence-electron chi connectivity index (χ4n) is 1.87. The van der Waals surface area contributed by atoms with Gasteiger partial charge in [0.1, 0.15) is 11.9 Å². The van der Waals surface area contributed by atoms with Crippen molar-refractivity contribution >= 4 is 29.2 Å². The molecule has 1 atom stereocenters. The number of nitrogens with zero attached hydrogens (tertiary/aromatic N) is 2. The number of nitriles is 1. The third kappa shape index (κ3) is 4.34. The number of hydrogen-bond donors (Lipinski definition) is 3. The number of nitrogens with one attached hydrogen (secondary N) is 2. The van der Waals surface area contributed by atoms with Crippen LogP contribution in [0, 0.1) is 11.3 Å². The predicted molar refractivity (Wildman–Crippen MR) is 89.0 cm³/mol. The van der Waals surface area contributed by atoms with E-state index < -0.39 is 5.25 Å². The molecule has 0 aliphatic rings. The van der Waals surface area contributed by atoms with Crippen LogP contribution < -0.4 is 16.6 Å². The molecule has 1 aromatic carbocycles. The first kappa shape index (κ1) is 16.6. The summed E-state index contributed by atoms with van der Waals surface area (Å²) in [6.07, 6.45) is 0.518. The molecule has 1 heterocycles. The van der Waals surface area contributed by atoms with Gasteiger partial charge in [0.2, 0.25) is 5.91 Å². The lowest BCUT2D eigenvalue weighted by Gasteiger charge is -2.14. The number of nitrogens with two attached hydrogens (primary N) is 1. The molecule has 7 nitrogen and oxygen atoms in total. The summed E-state index contributed by atoms with van der Waals surface area (Å²) in [5.41, 5.74) is 6.00. The van der Waals surface area contributed by atoms with Gasteiger partial charge in [-0.3, -0.25) is 9.59 Å². The Kier molecular flexibility index (Phi) is 5.38. The fourth-order valence-corrected chi connectivity index (χ4v) is 2.79. The minimum atomic E-state index is -0.480. The summed E-state index contributed by atoms with van der Waals surface area (Å²) in [6, 6.07) is 9.95. The fraction of sp³-hybridized carbons (Fsp3) is 0.200. The van der Waals surface area contributed by atoms with Gasteiger partial charge in [0.05, 0.1) is 16.5 Å². The zero-order valence-electron chi connectivity index (χ0n) is 12.4. The van der Waals surface area contributed by atoms with Crippen LogP contribution in [0.5, 0.6) is 0 Å². The minimum absolute atomic E-state index is 0.0985. The van der Waals surface area contributed by atoms with Crippen LogP contribution in [0.3, 0.4) is 0 Å². The number of carbonyl (C=O) groups is 1. The Morgan fingerprint density at radius 3 is 2.91 bits per heavy atom. The van der Waals surface area contributed by atoms with Gasteiger partial charge in [-0.15, -0.1) is 0 Å². The lowest BCUT2D eigenvalue weighted by atomic mass is 10.2. The number of para-hydroxylation sites is 1. The van der Waals surface area contributed by atoms with Gasteiger partial charge in [-0.1, -0.05) is 30.8 Å². The van der Waals surface area contributed by atoms with E-state index in [9.17, 15) is 9.59 Å². The molecule has 2 rings (SSSR count). The maximum absolute atomic E-state index is 12.4. The van der Waals surface area contributed by atoms with E-state index >= 15 is 0 Å². The maximum atomic E-state index is 12.4. The Balaban J connectivity index is 2.15. The van der Waals surface area contributed by atoms with Crippen molar-refractivity contribution in [2.45, 2.75) is 23.8 Å². The normalized spacial score (nSPS) is 11.5. The summed E-state index contributed by atoms with van der Waals surface area (Å²) < 4.78 is 0. The summed E-state index contributed by atoms with van der Waals surface area (Å²) in [5, 5.41) is 11.6. The summed E-state index contributed by atoms with van der Waals surface area (Å²) in [4.78, 5) is 30.3. The van der Waals surface area contributed by atoms with Crippen LogP contribution in [-0.4, -0.2) is 21.1 Å². The molecule has 0 bridgehead atoms. The Labute approximate surface area is 136 Å². The summed E-state index contributed by atoms with van der Waals surface area (Å²) >= 11 is 1.12. The number of amides is 1. The third-order valence-corrected chi connectivity index (χ3v) is 4.21. The molecule has 8 heteroatoms. The minimum Gasteiger partial charge on any atom is -0.383 e. The lowest BCUT2D eigenvalue weighted by Crippen LogP contribution is -2.25. The zero-order valence-corrected chi connectivity index (χ0v) is 13.2. The highest BCUT2D eigenvalue weighted by atomic mass is 32.2. The van der Waals surface area contributed by atoms with Crippen molar-refractivity contribution in [2.75, 3.05) is 11.1 Å². The van der Waals surface area contributed by atoms with Gasteiger partial charge in [0.15, 0.2) is 5.16 Å². The Morgan fingerprint density at radius 1 is 1.52 bits per heavy atom. The topological polar surface area (TPSA) is 125 Å². The van der Waals surface area contributed by atoms with Gasteiger partial charge in [-0.05, 0) is 18.6 Å². The quantitative estimate of drug-likeness (QED) is 0.567. The Morgan fingerprint density at radius 2 is 2.26 bits per heavy atom. The van der Waals surface area contributed by atoms with E-state index in [0.717, 1.165) is 11.8 Å². The van der Waals surface area contributed by atoms with Crippen LogP contribution >= 0.6 is 11.8 Å². The number of hydrogen-bond acceptors (Lipinski definition) is 6. The number of aromatic amines is 1. The average molecular weight is 329 g/mol. The van der Waals surface area contributed by atoms with Crippen molar-refractivity contribution in [2.24, 2.45) is 0 Å². The first-order valence-corrected chi connectivity index (χ1v) is 7.75. The third-order valence-electron chi connectivity index (χ3n) is 2.96. The molecule has 2 aromatic rings. The van der Waals surface area contributed by atoms with Crippen LogP contribution in [0.2, 0.25) is 0 Å². The van der Waals surface area contributed by atoms with E-state index in [2.05, 4.69) is 15.3 Å². The molecule has 4 N–H and O–H groups in total. The second-order valence-electron chi connectivity index (χ2n) is 4.64. The van der Waals surface area contributed by atoms with E-state index in [-0.39, 0.29) is 22.4 Å². The van der Waals surface area contributed by atoms with E-state index in [1.54, 1.807) is 24.3 Å². The van der Waals surface area contributed by atoms with Gasteiger partial charge in [-0.2, -0.15) is 5.26 Å². The van der Waals surface area contributed by atoms with E-state index in [1.807, 2.05) is 13.0 Å². The number of aromatic nitrogens is 2. The van der Waals surface area contributed by atoms with E-state index in [0.29, 0.717) is 17.7 Å². The maximum Gasteiger partial charge on any atom is 0.253 e. The molecule has 1 aromatic heterocycles. The number of H-pyrrole nitrogens is 1. The number of anilines is 2. The second-order valence-corrected chi connectivity index (χ2v) is 5.83. The highest BCUT2D eigenvalue weighted by Crippen LogP contribution is 2.24. The molecule has 118 valence electrons. The number of benzene rings is 1. The SMILES string of the molecule is CC[C@@H](Sc1nc(N)cc(=O)[nH]1)C(=O)Nc1ccccc1C#N. The second kappa shape index (κ2) is 7.47. The number of rotatable bonds is 5.